The summed E-state index contributed by atoms with van der Waals surface area (Å²) in [5, 5.41) is 19.2. The molecule has 1 aromatic heterocycles. The number of hydrogen-bond acceptors (Lipinski definition) is 6. The molecule has 0 unspecified atom stereocenters. The zero-order chi connectivity index (χ0) is 26.5. The molecule has 0 spiro atoms. The highest BCUT2D eigenvalue weighted by Crippen LogP contribution is 2.32. The van der Waals surface area contributed by atoms with Crippen molar-refractivity contribution < 1.29 is 28.6 Å². The van der Waals surface area contributed by atoms with Crippen molar-refractivity contribution >= 4 is 22.9 Å². The number of nitriles is 1. The highest BCUT2D eigenvalue weighted by Gasteiger charge is 2.31. The number of hydrogen-bond donors (Lipinski definition) is 1. The number of likely N-dealkylation sites (N-methyl/N-ethyl adjacent to an activating group) is 1. The minimum Gasteiger partial charge on any atom is -0.465 e. The first-order chi connectivity index (χ1) is 17.8. The first kappa shape index (κ1) is 25.9. The molecular weight excluding hydrogens is 479 g/mol. The molecule has 0 radical (unpaired) electrons. The molecule has 2 aromatic carbocycles. The Morgan fingerprint density at radius 2 is 2.08 bits per heavy atom. The summed E-state index contributed by atoms with van der Waals surface area (Å²) in [6.07, 6.45) is 1.85. The van der Waals surface area contributed by atoms with Crippen molar-refractivity contribution in [3.63, 3.8) is 0 Å². The molecule has 1 aliphatic heterocycles. The number of ether oxygens (including phenoxy) is 2. The van der Waals surface area contributed by atoms with Crippen LogP contribution in [0.5, 0.6) is 5.75 Å². The maximum absolute atomic E-state index is 14.1. The molecule has 4 rings (SSSR count). The van der Waals surface area contributed by atoms with E-state index in [2.05, 4.69) is 4.98 Å². The van der Waals surface area contributed by atoms with Gasteiger partial charge in [-0.15, -0.1) is 0 Å². The van der Waals surface area contributed by atoms with Crippen LogP contribution in [0.2, 0.25) is 0 Å². The molecule has 1 atom stereocenters. The van der Waals surface area contributed by atoms with E-state index < -0.39 is 11.9 Å². The Balaban J connectivity index is 1.77. The maximum atomic E-state index is 14.1. The fourth-order valence-corrected chi connectivity index (χ4v) is 4.56. The summed E-state index contributed by atoms with van der Waals surface area (Å²) >= 11 is 0. The van der Waals surface area contributed by atoms with Crippen LogP contribution in [0.25, 0.3) is 22.0 Å². The monoisotopic (exact) mass is 506 g/mol. The van der Waals surface area contributed by atoms with Gasteiger partial charge in [0.2, 0.25) is 0 Å². The summed E-state index contributed by atoms with van der Waals surface area (Å²) < 4.78 is 25.2. The van der Waals surface area contributed by atoms with E-state index in [0.29, 0.717) is 41.6 Å². The van der Waals surface area contributed by atoms with Crippen LogP contribution in [0.1, 0.15) is 35.7 Å². The fourth-order valence-electron chi connectivity index (χ4n) is 4.56. The van der Waals surface area contributed by atoms with Crippen LogP contribution in [-0.4, -0.2) is 71.5 Å². The normalized spacial score (nSPS) is 15.0. The molecular formula is C27H27FN4O5. The first-order valence-electron chi connectivity index (χ1n) is 11.9. The van der Waals surface area contributed by atoms with Gasteiger partial charge < -0.3 is 24.4 Å². The number of likely N-dealkylation sites (tertiary alicyclic amines) is 1. The van der Waals surface area contributed by atoms with Gasteiger partial charge in [-0.3, -0.25) is 9.78 Å². The van der Waals surface area contributed by atoms with E-state index >= 15 is 0 Å². The number of amides is 2. The van der Waals surface area contributed by atoms with Crippen molar-refractivity contribution in [3.05, 3.63) is 59.5 Å². The summed E-state index contributed by atoms with van der Waals surface area (Å²) in [5.74, 6) is -0.699. The largest absolute Gasteiger partial charge is 0.465 e. The van der Waals surface area contributed by atoms with Crippen molar-refractivity contribution in [2.45, 2.75) is 25.8 Å². The number of benzene rings is 2. The number of aromatic nitrogens is 1. The molecule has 1 fully saturated rings. The average molecular weight is 507 g/mol. The van der Waals surface area contributed by atoms with Gasteiger partial charge >= 0.3 is 6.09 Å². The Kier molecular flexibility index (Phi) is 7.84. The fraction of sp³-hybridized carbons (Fsp3) is 0.333. The Hall–Kier alpha value is -4.23. The van der Waals surface area contributed by atoms with Gasteiger partial charge in [-0.1, -0.05) is 6.07 Å². The standard InChI is InChI=1S/C27H27FN4O5/c1-3-36-16-37-24-14-30-23-7-6-18(19-9-17(13-29)10-20(28)11-19)12-22(23)25(24)26(33)31(2)15-21-5-4-8-32(21)27(34)35/h6-7,9-12,14,21H,3-5,8,15-16H2,1-2H3,(H,34,35)/t21-/m0/s1. The lowest BCUT2D eigenvalue weighted by Crippen LogP contribution is -2.43. The Morgan fingerprint density at radius 3 is 2.81 bits per heavy atom. The number of carboxylic acid groups (broad SMARTS) is 1. The minimum absolute atomic E-state index is 0.0851. The molecule has 10 heteroatoms. The number of halogens is 1. The predicted molar refractivity (Wildman–Crippen MR) is 134 cm³/mol. The number of rotatable bonds is 8. The average Bonchev–Trinajstić information content (AvgIpc) is 3.36. The van der Waals surface area contributed by atoms with Crippen LogP contribution in [0.15, 0.2) is 42.6 Å². The Bertz CT molecular complexity index is 1370. The van der Waals surface area contributed by atoms with Gasteiger partial charge in [-0.25, -0.2) is 9.18 Å². The van der Waals surface area contributed by atoms with Gasteiger partial charge in [0.1, 0.15) is 5.82 Å². The van der Waals surface area contributed by atoms with Crippen LogP contribution in [0, 0.1) is 17.1 Å². The number of carbonyl (C=O) groups is 2. The molecule has 3 aromatic rings. The zero-order valence-corrected chi connectivity index (χ0v) is 20.6. The van der Waals surface area contributed by atoms with Crippen LogP contribution < -0.4 is 4.74 Å². The molecule has 2 heterocycles. The van der Waals surface area contributed by atoms with Gasteiger partial charge in [0.25, 0.3) is 5.91 Å². The molecule has 192 valence electrons. The lowest BCUT2D eigenvalue weighted by molar-refractivity contribution is 0.0214. The van der Waals surface area contributed by atoms with Crippen LogP contribution in [0.4, 0.5) is 9.18 Å². The third-order valence-corrected chi connectivity index (χ3v) is 6.36. The quantitative estimate of drug-likeness (QED) is 0.353. The zero-order valence-electron chi connectivity index (χ0n) is 20.6. The second kappa shape index (κ2) is 11.2. The van der Waals surface area contributed by atoms with Crippen molar-refractivity contribution in [2.75, 3.05) is 33.5 Å². The molecule has 1 aliphatic rings. The lowest BCUT2D eigenvalue weighted by atomic mass is 9.98. The second-order valence-electron chi connectivity index (χ2n) is 8.78. The lowest BCUT2D eigenvalue weighted by Gasteiger charge is -2.27. The number of fused-ring (bicyclic) bond motifs is 1. The van der Waals surface area contributed by atoms with E-state index in [4.69, 9.17) is 9.47 Å². The van der Waals surface area contributed by atoms with Gasteiger partial charge in [-0.2, -0.15) is 5.26 Å². The van der Waals surface area contributed by atoms with E-state index in [9.17, 15) is 24.3 Å². The Morgan fingerprint density at radius 1 is 1.27 bits per heavy atom. The van der Waals surface area contributed by atoms with E-state index in [-0.39, 0.29) is 42.2 Å². The molecule has 37 heavy (non-hydrogen) atoms. The van der Waals surface area contributed by atoms with Crippen LogP contribution in [-0.2, 0) is 4.74 Å². The van der Waals surface area contributed by atoms with Crippen LogP contribution in [0.3, 0.4) is 0 Å². The minimum atomic E-state index is -1.00. The summed E-state index contributed by atoms with van der Waals surface area (Å²) in [6.45, 7) is 2.80. The smallest absolute Gasteiger partial charge is 0.407 e. The third-order valence-electron chi connectivity index (χ3n) is 6.36. The predicted octanol–water partition coefficient (Wildman–Crippen LogP) is 4.50. The molecule has 1 saturated heterocycles. The van der Waals surface area contributed by atoms with E-state index in [0.717, 1.165) is 12.5 Å². The SMILES string of the molecule is CCOCOc1cnc2ccc(-c3cc(F)cc(C#N)c3)cc2c1C(=O)N(C)C[C@@H]1CCCN1C(=O)O. The van der Waals surface area contributed by atoms with Crippen molar-refractivity contribution in [1.82, 2.24) is 14.8 Å². The van der Waals surface area contributed by atoms with Gasteiger partial charge in [0.15, 0.2) is 12.5 Å². The van der Waals surface area contributed by atoms with Gasteiger partial charge in [-0.05, 0) is 61.2 Å². The summed E-state index contributed by atoms with van der Waals surface area (Å²) in [6, 6.07) is 10.9. The summed E-state index contributed by atoms with van der Waals surface area (Å²) in [7, 11) is 1.62. The first-order valence-corrected chi connectivity index (χ1v) is 11.9. The van der Waals surface area contributed by atoms with Crippen molar-refractivity contribution in [3.8, 4) is 22.9 Å². The molecule has 0 bridgehead atoms. The topological polar surface area (TPSA) is 116 Å². The number of nitrogens with zero attached hydrogens (tertiary/aromatic N) is 4. The Labute approximate surface area is 213 Å². The van der Waals surface area contributed by atoms with Gasteiger partial charge in [0.05, 0.1) is 35.0 Å². The summed E-state index contributed by atoms with van der Waals surface area (Å²) in [5.41, 5.74) is 2.02. The van der Waals surface area contributed by atoms with Crippen LogP contribution >= 0.6 is 0 Å². The second-order valence-corrected chi connectivity index (χ2v) is 8.78. The van der Waals surface area contributed by atoms with Gasteiger partial charge in [0, 0.05) is 32.1 Å². The van der Waals surface area contributed by atoms with Crippen molar-refractivity contribution in [1.29, 1.82) is 5.26 Å². The number of pyridine rings is 1. The summed E-state index contributed by atoms with van der Waals surface area (Å²) in [4.78, 5) is 32.6. The van der Waals surface area contributed by atoms with E-state index in [1.54, 1.807) is 31.3 Å². The highest BCUT2D eigenvalue weighted by molar-refractivity contribution is 6.09. The number of carbonyl (C=O) groups excluding carboxylic acids is 1. The van der Waals surface area contributed by atoms with E-state index in [1.807, 2.05) is 13.0 Å². The molecule has 0 saturated carbocycles. The molecule has 9 nitrogen and oxygen atoms in total. The van der Waals surface area contributed by atoms with E-state index in [1.165, 1.54) is 22.1 Å². The molecule has 2 amide bonds. The third kappa shape index (κ3) is 5.62. The molecule has 1 N–H and O–H groups in total. The molecule has 0 aliphatic carbocycles. The van der Waals surface area contributed by atoms with Crippen molar-refractivity contribution in [2.24, 2.45) is 0 Å². The highest BCUT2D eigenvalue weighted by atomic mass is 19.1. The maximum Gasteiger partial charge on any atom is 0.407 e.